The normalized spacial score (nSPS) is 14.5. The SMILES string of the molecule is COc1ccc(CCNC(=O)[C@@H](C)N(Cc2ccccc2)C(=O)COc2ccc(S(=O)(=O)N3CCOCC3)cc2)cc1. The molecule has 0 bridgehead atoms. The van der Waals surface area contributed by atoms with Crippen LogP contribution in [0.5, 0.6) is 11.5 Å². The molecule has 0 aliphatic carbocycles. The largest absolute Gasteiger partial charge is 0.497 e. The van der Waals surface area contributed by atoms with Gasteiger partial charge in [0.25, 0.3) is 5.91 Å². The minimum atomic E-state index is -3.64. The Kier molecular flexibility index (Phi) is 10.9. The Bertz CT molecular complexity index is 1410. The summed E-state index contributed by atoms with van der Waals surface area (Å²) in [6.07, 6.45) is 0.634. The maximum atomic E-state index is 13.3. The summed E-state index contributed by atoms with van der Waals surface area (Å²) < 4.78 is 43.3. The van der Waals surface area contributed by atoms with Crippen molar-refractivity contribution < 1.29 is 32.2 Å². The summed E-state index contributed by atoms with van der Waals surface area (Å²) in [5.74, 6) is 0.468. The zero-order valence-corrected chi connectivity index (χ0v) is 24.7. The van der Waals surface area contributed by atoms with Crippen LogP contribution in [0.15, 0.2) is 83.8 Å². The number of nitrogens with one attached hydrogen (secondary N) is 1. The van der Waals surface area contributed by atoms with E-state index in [1.54, 1.807) is 14.0 Å². The molecule has 0 radical (unpaired) electrons. The molecule has 1 aliphatic rings. The molecule has 1 fully saturated rings. The number of rotatable bonds is 13. The van der Waals surface area contributed by atoms with Gasteiger partial charge in [-0.2, -0.15) is 4.31 Å². The molecule has 0 aromatic heterocycles. The van der Waals surface area contributed by atoms with E-state index in [2.05, 4.69) is 5.32 Å². The van der Waals surface area contributed by atoms with E-state index in [0.29, 0.717) is 45.0 Å². The first-order valence-corrected chi connectivity index (χ1v) is 15.3. The van der Waals surface area contributed by atoms with Gasteiger partial charge in [0, 0.05) is 26.2 Å². The van der Waals surface area contributed by atoms with Crippen molar-refractivity contribution in [2.24, 2.45) is 0 Å². The maximum Gasteiger partial charge on any atom is 0.261 e. The van der Waals surface area contributed by atoms with Crippen molar-refractivity contribution in [2.75, 3.05) is 46.6 Å². The highest BCUT2D eigenvalue weighted by atomic mass is 32.2. The Morgan fingerprint density at radius 2 is 1.57 bits per heavy atom. The molecule has 1 heterocycles. The monoisotopic (exact) mass is 595 g/mol. The average molecular weight is 596 g/mol. The van der Waals surface area contributed by atoms with Crippen molar-refractivity contribution in [3.05, 3.63) is 90.0 Å². The molecule has 1 N–H and O–H groups in total. The number of hydrogen-bond donors (Lipinski definition) is 1. The van der Waals surface area contributed by atoms with Gasteiger partial charge in [-0.25, -0.2) is 8.42 Å². The summed E-state index contributed by atoms with van der Waals surface area (Å²) in [4.78, 5) is 28.0. The molecule has 1 aliphatic heterocycles. The Morgan fingerprint density at radius 1 is 0.929 bits per heavy atom. The highest BCUT2D eigenvalue weighted by Gasteiger charge is 2.28. The van der Waals surface area contributed by atoms with E-state index >= 15 is 0 Å². The number of hydrogen-bond acceptors (Lipinski definition) is 7. The van der Waals surface area contributed by atoms with Crippen LogP contribution in [0.1, 0.15) is 18.1 Å². The smallest absolute Gasteiger partial charge is 0.261 e. The number of morpholine rings is 1. The van der Waals surface area contributed by atoms with Crippen LogP contribution in [0, 0.1) is 0 Å². The van der Waals surface area contributed by atoms with Crippen molar-refractivity contribution in [3.8, 4) is 11.5 Å². The van der Waals surface area contributed by atoms with Gasteiger partial charge in [-0.3, -0.25) is 9.59 Å². The molecule has 1 atom stereocenters. The second-order valence-corrected chi connectivity index (χ2v) is 11.8. The molecule has 3 aromatic carbocycles. The number of carbonyl (C=O) groups is 2. The van der Waals surface area contributed by atoms with Crippen LogP contribution in [0.2, 0.25) is 0 Å². The van der Waals surface area contributed by atoms with Crippen molar-refractivity contribution in [1.82, 2.24) is 14.5 Å². The van der Waals surface area contributed by atoms with E-state index in [1.807, 2.05) is 54.6 Å². The van der Waals surface area contributed by atoms with Crippen molar-refractivity contribution in [3.63, 3.8) is 0 Å². The van der Waals surface area contributed by atoms with Gasteiger partial charge in [0.1, 0.15) is 17.5 Å². The number of methoxy groups -OCH3 is 1. The van der Waals surface area contributed by atoms with Crippen LogP contribution < -0.4 is 14.8 Å². The molecule has 0 unspecified atom stereocenters. The summed E-state index contributed by atoms with van der Waals surface area (Å²) in [7, 11) is -2.02. The van der Waals surface area contributed by atoms with Gasteiger partial charge in [0.05, 0.1) is 25.2 Å². The number of nitrogens with zero attached hydrogens (tertiary/aromatic N) is 2. The summed E-state index contributed by atoms with van der Waals surface area (Å²) in [5.41, 5.74) is 1.93. The molecule has 1 saturated heterocycles. The Hall–Kier alpha value is -3.93. The fourth-order valence-corrected chi connectivity index (χ4v) is 5.91. The minimum absolute atomic E-state index is 0.147. The third kappa shape index (κ3) is 8.31. The maximum absolute atomic E-state index is 13.3. The first kappa shape index (κ1) is 31.0. The first-order chi connectivity index (χ1) is 20.3. The van der Waals surface area contributed by atoms with E-state index in [-0.39, 0.29) is 29.9 Å². The van der Waals surface area contributed by atoms with Gasteiger partial charge < -0.3 is 24.4 Å². The van der Waals surface area contributed by atoms with Gasteiger partial charge in [0.15, 0.2) is 6.61 Å². The van der Waals surface area contributed by atoms with E-state index in [9.17, 15) is 18.0 Å². The molecule has 224 valence electrons. The van der Waals surface area contributed by atoms with Crippen molar-refractivity contribution in [1.29, 1.82) is 0 Å². The fourth-order valence-electron chi connectivity index (χ4n) is 4.50. The Morgan fingerprint density at radius 3 is 2.21 bits per heavy atom. The van der Waals surface area contributed by atoms with Crippen LogP contribution in [0.25, 0.3) is 0 Å². The molecule has 0 spiro atoms. The molecule has 11 heteroatoms. The number of ether oxygens (including phenoxy) is 3. The van der Waals surface area contributed by atoms with Crippen LogP contribution >= 0.6 is 0 Å². The number of benzene rings is 3. The highest BCUT2D eigenvalue weighted by Crippen LogP contribution is 2.21. The molecular formula is C31H37N3O7S. The standard InChI is InChI=1S/C31H37N3O7S/c1-24(31(36)32-17-16-25-8-10-27(39-2)11-9-25)34(22-26-6-4-3-5-7-26)30(35)23-41-28-12-14-29(15-13-28)42(37,38)33-18-20-40-21-19-33/h3-15,24H,16-23H2,1-2H3,(H,32,36)/t24-/m1/s1. The van der Waals surface area contributed by atoms with E-state index in [1.165, 1.54) is 33.5 Å². The summed E-state index contributed by atoms with van der Waals surface area (Å²) in [5, 5.41) is 2.93. The van der Waals surface area contributed by atoms with E-state index in [4.69, 9.17) is 14.2 Å². The quantitative estimate of drug-likeness (QED) is 0.323. The number of sulfonamides is 1. The van der Waals surface area contributed by atoms with Gasteiger partial charge in [0.2, 0.25) is 15.9 Å². The highest BCUT2D eigenvalue weighted by molar-refractivity contribution is 7.89. The van der Waals surface area contributed by atoms with Gasteiger partial charge in [-0.1, -0.05) is 42.5 Å². The molecule has 0 saturated carbocycles. The third-order valence-electron chi connectivity index (χ3n) is 7.03. The fraction of sp³-hybridized carbons (Fsp3) is 0.355. The molecule has 4 rings (SSSR count). The Balaban J connectivity index is 1.36. The van der Waals surface area contributed by atoms with Crippen molar-refractivity contribution in [2.45, 2.75) is 30.8 Å². The van der Waals surface area contributed by atoms with E-state index in [0.717, 1.165) is 16.9 Å². The average Bonchev–Trinajstić information content (AvgIpc) is 3.03. The summed E-state index contributed by atoms with van der Waals surface area (Å²) in [6.45, 7) is 3.36. The van der Waals surface area contributed by atoms with Crippen LogP contribution in [-0.4, -0.2) is 82.0 Å². The van der Waals surface area contributed by atoms with Crippen molar-refractivity contribution >= 4 is 21.8 Å². The number of carbonyl (C=O) groups excluding carboxylic acids is 2. The predicted molar refractivity (Wildman–Crippen MR) is 158 cm³/mol. The molecule has 10 nitrogen and oxygen atoms in total. The second-order valence-electron chi connectivity index (χ2n) is 9.85. The van der Waals surface area contributed by atoms with Crippen LogP contribution in [0.4, 0.5) is 0 Å². The zero-order chi connectivity index (χ0) is 30.0. The lowest BCUT2D eigenvalue weighted by Gasteiger charge is -2.29. The topological polar surface area (TPSA) is 114 Å². The summed E-state index contributed by atoms with van der Waals surface area (Å²) >= 11 is 0. The Labute approximate surface area is 247 Å². The second kappa shape index (κ2) is 14.8. The molecule has 42 heavy (non-hydrogen) atoms. The number of amides is 2. The lowest BCUT2D eigenvalue weighted by atomic mass is 10.1. The predicted octanol–water partition coefficient (Wildman–Crippen LogP) is 2.87. The lowest BCUT2D eigenvalue weighted by molar-refractivity contribution is -0.142. The van der Waals surface area contributed by atoms with Gasteiger partial charge >= 0.3 is 0 Å². The molecule has 3 aromatic rings. The lowest BCUT2D eigenvalue weighted by Crippen LogP contribution is -2.49. The minimum Gasteiger partial charge on any atom is -0.497 e. The van der Waals surface area contributed by atoms with E-state index < -0.39 is 16.1 Å². The summed E-state index contributed by atoms with van der Waals surface area (Å²) in [6, 6.07) is 22.3. The zero-order valence-electron chi connectivity index (χ0n) is 23.9. The van der Waals surface area contributed by atoms with Crippen LogP contribution in [-0.2, 0) is 37.3 Å². The first-order valence-electron chi connectivity index (χ1n) is 13.8. The molecular weight excluding hydrogens is 558 g/mol. The van der Waals surface area contributed by atoms with Gasteiger partial charge in [-0.05, 0) is 60.9 Å². The van der Waals surface area contributed by atoms with Gasteiger partial charge in [-0.15, -0.1) is 0 Å². The third-order valence-corrected chi connectivity index (χ3v) is 8.94. The van der Waals surface area contributed by atoms with Crippen LogP contribution in [0.3, 0.4) is 0 Å². The molecule has 2 amide bonds.